The fourth-order valence-corrected chi connectivity index (χ4v) is 3.00. The summed E-state index contributed by atoms with van der Waals surface area (Å²) in [6.45, 7) is 5.21. The smallest absolute Gasteiger partial charge is 0.254 e. The first-order valence-corrected chi connectivity index (χ1v) is 7.95. The van der Waals surface area contributed by atoms with Gasteiger partial charge in [0.2, 0.25) is 0 Å². The Morgan fingerprint density at radius 2 is 2.18 bits per heavy atom. The van der Waals surface area contributed by atoms with E-state index < -0.39 is 0 Å². The summed E-state index contributed by atoms with van der Waals surface area (Å²) in [4.78, 5) is 14.7. The highest BCUT2D eigenvalue weighted by atomic mass is 16.5. The van der Waals surface area contributed by atoms with Crippen molar-refractivity contribution in [2.75, 3.05) is 20.3 Å². The number of hydrogen-bond donors (Lipinski definition) is 1. The molecule has 2 atom stereocenters. The van der Waals surface area contributed by atoms with E-state index in [2.05, 4.69) is 0 Å². The molecule has 5 nitrogen and oxygen atoms in total. The second-order valence-electron chi connectivity index (χ2n) is 5.72. The van der Waals surface area contributed by atoms with Gasteiger partial charge >= 0.3 is 0 Å². The van der Waals surface area contributed by atoms with Crippen LogP contribution in [0.1, 0.15) is 43.5 Å². The van der Waals surface area contributed by atoms with Gasteiger partial charge in [-0.25, -0.2) is 0 Å². The molecule has 2 N–H and O–H groups in total. The van der Waals surface area contributed by atoms with Crippen molar-refractivity contribution in [3.05, 3.63) is 23.8 Å². The second-order valence-corrected chi connectivity index (χ2v) is 5.72. The number of likely N-dealkylation sites (tertiary alicyclic amines) is 1. The summed E-state index contributed by atoms with van der Waals surface area (Å²) in [5, 5.41) is 0. The number of amides is 1. The van der Waals surface area contributed by atoms with Crippen LogP contribution in [-0.4, -0.2) is 43.2 Å². The highest BCUT2D eigenvalue weighted by molar-refractivity contribution is 5.95. The molecule has 1 saturated heterocycles. The van der Waals surface area contributed by atoms with Crippen molar-refractivity contribution in [3.63, 3.8) is 0 Å². The minimum absolute atomic E-state index is 0.0170. The molecule has 2 rings (SSSR count). The summed E-state index contributed by atoms with van der Waals surface area (Å²) in [6, 6.07) is 5.43. The van der Waals surface area contributed by atoms with Crippen molar-refractivity contribution < 1.29 is 14.3 Å². The van der Waals surface area contributed by atoms with Gasteiger partial charge in [0, 0.05) is 24.2 Å². The molecule has 1 amide bonds. The topological polar surface area (TPSA) is 64.8 Å². The van der Waals surface area contributed by atoms with Gasteiger partial charge < -0.3 is 20.1 Å². The van der Waals surface area contributed by atoms with Crippen LogP contribution in [0.2, 0.25) is 0 Å². The molecule has 0 aromatic heterocycles. The van der Waals surface area contributed by atoms with Crippen molar-refractivity contribution in [3.8, 4) is 11.5 Å². The molecule has 0 aliphatic carbocycles. The summed E-state index contributed by atoms with van der Waals surface area (Å²) < 4.78 is 10.8. The van der Waals surface area contributed by atoms with Crippen LogP contribution in [0.5, 0.6) is 11.5 Å². The lowest BCUT2D eigenvalue weighted by Gasteiger charge is -2.38. The van der Waals surface area contributed by atoms with E-state index in [0.29, 0.717) is 23.7 Å². The van der Waals surface area contributed by atoms with Gasteiger partial charge in [-0.2, -0.15) is 0 Å². The fourth-order valence-electron chi connectivity index (χ4n) is 3.00. The first kappa shape index (κ1) is 16.6. The number of piperidine rings is 1. The highest BCUT2D eigenvalue weighted by Gasteiger charge is 2.30. The van der Waals surface area contributed by atoms with Gasteiger partial charge in [0.25, 0.3) is 5.91 Å². The molecule has 2 unspecified atom stereocenters. The van der Waals surface area contributed by atoms with Crippen molar-refractivity contribution in [2.24, 2.45) is 5.73 Å². The zero-order valence-electron chi connectivity index (χ0n) is 13.7. The van der Waals surface area contributed by atoms with Gasteiger partial charge in [-0.1, -0.05) is 0 Å². The van der Waals surface area contributed by atoms with Crippen molar-refractivity contribution in [1.82, 2.24) is 4.90 Å². The van der Waals surface area contributed by atoms with Crippen LogP contribution in [0.15, 0.2) is 18.2 Å². The van der Waals surface area contributed by atoms with Crippen molar-refractivity contribution >= 4 is 5.91 Å². The average Bonchev–Trinajstić information content (AvgIpc) is 2.54. The van der Waals surface area contributed by atoms with E-state index in [1.807, 2.05) is 18.7 Å². The normalized spacial score (nSPS) is 19.6. The molecule has 1 fully saturated rings. The fraction of sp³-hybridized carbons (Fsp3) is 0.588. The molecule has 1 aliphatic rings. The number of nitrogens with zero attached hydrogens (tertiary/aromatic N) is 1. The zero-order valence-corrected chi connectivity index (χ0v) is 13.7. The third kappa shape index (κ3) is 3.53. The van der Waals surface area contributed by atoms with Crippen LogP contribution in [0.25, 0.3) is 0 Å². The number of carbonyl (C=O) groups excluding carboxylic acids is 1. The summed E-state index contributed by atoms with van der Waals surface area (Å²) in [7, 11) is 1.58. The lowest BCUT2D eigenvalue weighted by molar-refractivity contribution is 0.0583. The van der Waals surface area contributed by atoms with E-state index in [9.17, 15) is 4.79 Å². The molecular formula is C17H26N2O3. The van der Waals surface area contributed by atoms with E-state index in [4.69, 9.17) is 15.2 Å². The highest BCUT2D eigenvalue weighted by Crippen LogP contribution is 2.29. The predicted octanol–water partition coefficient (Wildman–Crippen LogP) is 2.44. The van der Waals surface area contributed by atoms with Crippen LogP contribution in [0.4, 0.5) is 0 Å². The standard InChI is InChI=1S/C17H26N2O3/c1-4-22-15-9-8-13(11-16(15)21-3)17(20)19-10-6-5-7-14(19)12(2)18/h8-9,11-12,14H,4-7,10,18H2,1-3H3. The maximum absolute atomic E-state index is 12.8. The molecule has 0 spiro atoms. The maximum Gasteiger partial charge on any atom is 0.254 e. The molecule has 1 aliphatic heterocycles. The van der Waals surface area contributed by atoms with Gasteiger partial charge in [0.15, 0.2) is 11.5 Å². The van der Waals surface area contributed by atoms with Gasteiger partial charge in [-0.3, -0.25) is 4.79 Å². The summed E-state index contributed by atoms with van der Waals surface area (Å²) in [5.41, 5.74) is 6.67. The van der Waals surface area contributed by atoms with Gasteiger partial charge in [0.05, 0.1) is 13.7 Å². The lowest BCUT2D eigenvalue weighted by atomic mass is 9.96. The van der Waals surface area contributed by atoms with E-state index in [-0.39, 0.29) is 18.0 Å². The van der Waals surface area contributed by atoms with E-state index in [1.54, 1.807) is 25.3 Å². The molecule has 1 aromatic carbocycles. The predicted molar refractivity (Wildman–Crippen MR) is 86.5 cm³/mol. The summed E-state index contributed by atoms with van der Waals surface area (Å²) >= 11 is 0. The Morgan fingerprint density at radius 3 is 2.82 bits per heavy atom. The Kier molecular flexibility index (Phi) is 5.66. The average molecular weight is 306 g/mol. The summed E-state index contributed by atoms with van der Waals surface area (Å²) in [6.07, 6.45) is 3.13. The van der Waals surface area contributed by atoms with Crippen LogP contribution in [0, 0.1) is 0 Å². The van der Waals surface area contributed by atoms with Gasteiger partial charge in [0.1, 0.15) is 0 Å². The van der Waals surface area contributed by atoms with Crippen molar-refractivity contribution in [1.29, 1.82) is 0 Å². The monoisotopic (exact) mass is 306 g/mol. The number of hydrogen-bond acceptors (Lipinski definition) is 4. The molecular weight excluding hydrogens is 280 g/mol. The van der Waals surface area contributed by atoms with E-state index >= 15 is 0 Å². The van der Waals surface area contributed by atoms with Crippen LogP contribution in [0.3, 0.4) is 0 Å². The Balaban J connectivity index is 2.24. The largest absolute Gasteiger partial charge is 0.493 e. The number of nitrogens with two attached hydrogens (primary N) is 1. The SMILES string of the molecule is CCOc1ccc(C(=O)N2CCCCC2C(C)N)cc1OC. The zero-order chi connectivity index (χ0) is 16.1. The molecule has 5 heteroatoms. The van der Waals surface area contributed by atoms with E-state index in [1.165, 1.54) is 0 Å². The molecule has 0 radical (unpaired) electrons. The number of methoxy groups -OCH3 is 1. The number of benzene rings is 1. The number of rotatable bonds is 5. The van der Waals surface area contributed by atoms with Crippen molar-refractivity contribution in [2.45, 2.75) is 45.2 Å². The quantitative estimate of drug-likeness (QED) is 0.907. The Hall–Kier alpha value is -1.75. The Bertz CT molecular complexity index is 517. The molecule has 1 heterocycles. The molecule has 0 saturated carbocycles. The maximum atomic E-state index is 12.8. The molecule has 0 bridgehead atoms. The Labute approximate surface area is 132 Å². The first-order chi connectivity index (χ1) is 10.6. The lowest BCUT2D eigenvalue weighted by Crippen LogP contribution is -2.51. The van der Waals surface area contributed by atoms with Crippen LogP contribution < -0.4 is 15.2 Å². The number of ether oxygens (including phenoxy) is 2. The third-order valence-corrected chi connectivity index (χ3v) is 4.13. The first-order valence-electron chi connectivity index (χ1n) is 7.95. The minimum atomic E-state index is -0.0196. The summed E-state index contributed by atoms with van der Waals surface area (Å²) in [5.74, 6) is 1.26. The van der Waals surface area contributed by atoms with Crippen LogP contribution >= 0.6 is 0 Å². The number of carbonyl (C=O) groups is 1. The van der Waals surface area contributed by atoms with Gasteiger partial charge in [-0.05, 0) is 51.3 Å². The molecule has 1 aromatic rings. The third-order valence-electron chi connectivity index (χ3n) is 4.13. The van der Waals surface area contributed by atoms with Gasteiger partial charge in [-0.15, -0.1) is 0 Å². The van der Waals surface area contributed by atoms with Crippen LogP contribution in [-0.2, 0) is 0 Å². The minimum Gasteiger partial charge on any atom is -0.493 e. The molecule has 22 heavy (non-hydrogen) atoms. The molecule has 122 valence electrons. The second kappa shape index (κ2) is 7.49. The Morgan fingerprint density at radius 1 is 1.41 bits per heavy atom. The van der Waals surface area contributed by atoms with E-state index in [0.717, 1.165) is 25.8 Å².